The quantitative estimate of drug-likeness (QED) is 0.103. The lowest BCUT2D eigenvalue weighted by Crippen LogP contribution is -2.29. The predicted molar refractivity (Wildman–Crippen MR) is 192 cm³/mol. The van der Waals surface area contributed by atoms with Gasteiger partial charge in [0, 0.05) is 54.6 Å². The summed E-state index contributed by atoms with van der Waals surface area (Å²) in [5.74, 6) is 1.56. The number of unbranched alkanes of at least 4 members (excludes halogenated alkanes) is 1. The van der Waals surface area contributed by atoms with Crippen molar-refractivity contribution in [1.29, 1.82) is 0 Å². The number of aromatic nitrogens is 1. The molecule has 1 N–H and O–H groups in total. The monoisotopic (exact) mass is 651 g/mol. The Morgan fingerprint density at radius 3 is 2.51 bits per heavy atom. The normalized spacial score (nSPS) is 13.5. The number of carbonyl (C=O) groups excluding carboxylic acids is 1. The highest BCUT2D eigenvalue weighted by Crippen LogP contribution is 2.34. The maximum absolute atomic E-state index is 13.6. The standard InChI is InChI=1S/C39H45N3O4S/c1-4-5-21-45-22-23-46-36-13-8-31(9-14-36)32-10-17-38-34(24-32)25-33(18-20-42(38)27-29(2)3)39(43)41-35-11-15-37(16-12-35)47(44)28-30-7-6-19-40-26-30/h6-17,19,24-26,29H,4-5,18,20-23,27-28H2,1-3H3,(H,41,43). The molecule has 3 aromatic carbocycles. The topological polar surface area (TPSA) is 86.8 Å². The van der Waals surface area contributed by atoms with E-state index in [1.807, 2.05) is 54.6 Å². The summed E-state index contributed by atoms with van der Waals surface area (Å²) in [5, 5.41) is 3.07. The average Bonchev–Trinajstić information content (AvgIpc) is 3.26. The summed E-state index contributed by atoms with van der Waals surface area (Å²) in [6.45, 7) is 10.1. The van der Waals surface area contributed by atoms with Gasteiger partial charge in [-0.2, -0.15) is 0 Å². The number of nitrogens with one attached hydrogen (secondary N) is 1. The number of carbonyl (C=O) groups is 1. The molecule has 246 valence electrons. The molecule has 1 atom stereocenters. The summed E-state index contributed by atoms with van der Waals surface area (Å²) in [6, 6.07) is 25.6. The summed E-state index contributed by atoms with van der Waals surface area (Å²) in [7, 11) is 0. The Labute approximate surface area is 282 Å². The van der Waals surface area contributed by atoms with Crippen LogP contribution in [0.15, 0.2) is 102 Å². The third-order valence-corrected chi connectivity index (χ3v) is 9.34. The van der Waals surface area contributed by atoms with E-state index in [1.165, 1.54) is 0 Å². The van der Waals surface area contributed by atoms with E-state index in [0.717, 1.165) is 71.8 Å². The first-order chi connectivity index (χ1) is 22.9. The lowest BCUT2D eigenvalue weighted by molar-refractivity contribution is -0.112. The highest BCUT2D eigenvalue weighted by atomic mass is 32.2. The highest BCUT2D eigenvalue weighted by molar-refractivity contribution is 7.90. The predicted octanol–water partition coefficient (Wildman–Crippen LogP) is 8.14. The molecule has 0 spiro atoms. The Morgan fingerprint density at radius 1 is 1.00 bits per heavy atom. The molecule has 1 aliphatic heterocycles. The van der Waals surface area contributed by atoms with Gasteiger partial charge in [0.25, 0.3) is 5.91 Å². The second kappa shape index (κ2) is 17.2. The molecule has 0 saturated heterocycles. The van der Waals surface area contributed by atoms with Gasteiger partial charge in [0.1, 0.15) is 18.1 Å². The number of benzene rings is 3. The van der Waals surface area contributed by atoms with Crippen molar-refractivity contribution < 1.29 is 18.8 Å². The molecular formula is C39H45N3O4S. The van der Waals surface area contributed by atoms with E-state index < -0.39 is 11.2 Å². The minimum Gasteiger partial charge on any atom is -0.611 e. The number of anilines is 2. The van der Waals surface area contributed by atoms with Crippen LogP contribution in [-0.4, -0.2) is 48.4 Å². The van der Waals surface area contributed by atoms with Crippen LogP contribution in [0.3, 0.4) is 0 Å². The Balaban J connectivity index is 1.28. The molecule has 47 heavy (non-hydrogen) atoms. The number of hydrogen-bond donors (Lipinski definition) is 1. The van der Waals surface area contributed by atoms with Crippen molar-refractivity contribution in [1.82, 2.24) is 4.98 Å². The fourth-order valence-electron chi connectivity index (χ4n) is 5.51. The van der Waals surface area contributed by atoms with E-state index in [0.29, 0.717) is 41.9 Å². The zero-order chi connectivity index (χ0) is 33.0. The SMILES string of the molecule is CCCCOCCOc1ccc(-c2ccc3c(c2)C=C(C(=O)Nc2ccc([S+]([O-])Cc4cccnc4)cc2)CCN3CC(C)C)cc1. The molecule has 1 unspecified atom stereocenters. The van der Waals surface area contributed by atoms with Crippen LogP contribution >= 0.6 is 0 Å². The van der Waals surface area contributed by atoms with Crippen LogP contribution < -0.4 is 15.0 Å². The lowest BCUT2D eigenvalue weighted by atomic mass is 10.00. The summed E-state index contributed by atoms with van der Waals surface area (Å²) >= 11 is -1.20. The van der Waals surface area contributed by atoms with Crippen LogP contribution in [0.2, 0.25) is 0 Å². The van der Waals surface area contributed by atoms with Crippen molar-refractivity contribution in [2.24, 2.45) is 5.92 Å². The number of hydrogen-bond acceptors (Lipinski definition) is 6. The van der Waals surface area contributed by atoms with Crippen LogP contribution in [0.25, 0.3) is 17.2 Å². The van der Waals surface area contributed by atoms with E-state index >= 15 is 0 Å². The first-order valence-electron chi connectivity index (χ1n) is 16.5. The summed E-state index contributed by atoms with van der Waals surface area (Å²) in [5.41, 5.74) is 6.64. The molecule has 0 bridgehead atoms. The molecule has 1 aromatic heterocycles. The Morgan fingerprint density at radius 2 is 1.79 bits per heavy atom. The number of pyridine rings is 1. The average molecular weight is 652 g/mol. The molecule has 0 saturated carbocycles. The molecule has 0 fully saturated rings. The van der Waals surface area contributed by atoms with Crippen molar-refractivity contribution >= 4 is 34.5 Å². The lowest BCUT2D eigenvalue weighted by Gasteiger charge is -2.27. The number of rotatable bonds is 15. The fraction of sp³-hybridized carbons (Fsp3) is 0.333. The Kier molecular flexibility index (Phi) is 12.5. The maximum atomic E-state index is 13.6. The first-order valence-corrected chi connectivity index (χ1v) is 17.8. The van der Waals surface area contributed by atoms with Gasteiger partial charge in [0.2, 0.25) is 0 Å². The minimum absolute atomic E-state index is 0.128. The second-order valence-electron chi connectivity index (χ2n) is 12.2. The molecule has 7 nitrogen and oxygen atoms in total. The number of fused-ring (bicyclic) bond motifs is 1. The van der Waals surface area contributed by atoms with E-state index in [2.05, 4.69) is 66.3 Å². The summed E-state index contributed by atoms with van der Waals surface area (Å²) in [6.07, 6.45) is 8.29. The molecular weight excluding hydrogens is 607 g/mol. The number of ether oxygens (including phenoxy) is 2. The Hall–Kier alpha value is -4.11. The van der Waals surface area contributed by atoms with Gasteiger partial charge in [-0.1, -0.05) is 51.5 Å². The van der Waals surface area contributed by atoms with E-state index in [-0.39, 0.29) is 5.91 Å². The minimum atomic E-state index is -1.20. The van der Waals surface area contributed by atoms with Gasteiger partial charge in [0.15, 0.2) is 4.90 Å². The van der Waals surface area contributed by atoms with Gasteiger partial charge < -0.3 is 24.2 Å². The Bertz CT molecular complexity index is 1610. The van der Waals surface area contributed by atoms with Crippen molar-refractivity contribution in [3.05, 3.63) is 108 Å². The zero-order valence-corrected chi connectivity index (χ0v) is 28.4. The number of nitrogens with zero attached hydrogens (tertiary/aromatic N) is 2. The van der Waals surface area contributed by atoms with Gasteiger partial charge in [-0.25, -0.2) is 0 Å². The van der Waals surface area contributed by atoms with Crippen LogP contribution in [-0.2, 0) is 26.5 Å². The highest BCUT2D eigenvalue weighted by Gasteiger charge is 2.21. The molecule has 2 heterocycles. The fourth-order valence-corrected chi connectivity index (χ4v) is 6.59. The molecule has 1 amide bonds. The number of amides is 1. The van der Waals surface area contributed by atoms with Gasteiger partial charge in [0.05, 0.1) is 6.61 Å². The molecule has 8 heteroatoms. The van der Waals surface area contributed by atoms with E-state index in [4.69, 9.17) is 9.47 Å². The zero-order valence-electron chi connectivity index (χ0n) is 27.6. The molecule has 5 rings (SSSR count). The van der Waals surface area contributed by atoms with Crippen molar-refractivity contribution in [3.63, 3.8) is 0 Å². The van der Waals surface area contributed by atoms with Gasteiger partial charge >= 0.3 is 0 Å². The summed E-state index contributed by atoms with van der Waals surface area (Å²) < 4.78 is 24.3. The van der Waals surface area contributed by atoms with Crippen LogP contribution in [0.1, 0.15) is 51.2 Å². The van der Waals surface area contributed by atoms with Gasteiger partial charge in [-0.05, 0) is 107 Å². The third kappa shape index (κ3) is 9.94. The smallest absolute Gasteiger partial charge is 0.251 e. The maximum Gasteiger partial charge on any atom is 0.251 e. The molecule has 1 aliphatic rings. The van der Waals surface area contributed by atoms with Crippen molar-refractivity contribution in [3.8, 4) is 16.9 Å². The van der Waals surface area contributed by atoms with Crippen LogP contribution in [0.5, 0.6) is 5.75 Å². The first kappa shape index (κ1) is 34.2. The largest absolute Gasteiger partial charge is 0.611 e. The third-order valence-electron chi connectivity index (χ3n) is 7.95. The second-order valence-corrected chi connectivity index (χ2v) is 13.7. The molecule has 0 radical (unpaired) electrons. The molecule has 4 aromatic rings. The van der Waals surface area contributed by atoms with Gasteiger partial charge in [-0.15, -0.1) is 0 Å². The van der Waals surface area contributed by atoms with E-state index in [9.17, 15) is 9.35 Å². The summed E-state index contributed by atoms with van der Waals surface area (Å²) in [4.78, 5) is 20.8. The molecule has 0 aliphatic carbocycles. The van der Waals surface area contributed by atoms with Crippen molar-refractivity contribution in [2.45, 2.75) is 50.7 Å². The van der Waals surface area contributed by atoms with Gasteiger partial charge in [-0.3, -0.25) is 9.78 Å². The van der Waals surface area contributed by atoms with Crippen molar-refractivity contribution in [2.75, 3.05) is 43.1 Å². The van der Waals surface area contributed by atoms with E-state index in [1.54, 1.807) is 12.4 Å². The van der Waals surface area contributed by atoms with Crippen LogP contribution in [0.4, 0.5) is 11.4 Å². The van der Waals surface area contributed by atoms with Crippen LogP contribution in [0, 0.1) is 5.92 Å².